The summed E-state index contributed by atoms with van der Waals surface area (Å²) in [6, 6.07) is 18.4. The number of hydrogen-bond acceptors (Lipinski definition) is 4. The zero-order chi connectivity index (χ0) is 22.2. The van der Waals surface area contributed by atoms with Crippen LogP contribution in [-0.4, -0.2) is 24.8 Å². The van der Waals surface area contributed by atoms with Crippen LogP contribution in [0, 0.1) is 6.92 Å². The van der Waals surface area contributed by atoms with E-state index in [4.69, 9.17) is 19.3 Å². The lowest BCUT2D eigenvalue weighted by Crippen LogP contribution is -2.07. The Morgan fingerprint density at radius 1 is 1.09 bits per heavy atom. The summed E-state index contributed by atoms with van der Waals surface area (Å²) in [7, 11) is 1.70. The minimum absolute atomic E-state index is 0.0230. The minimum Gasteiger partial charge on any atom is -0.496 e. The number of methoxy groups -OCH3 is 1. The average Bonchev–Trinajstić information content (AvgIpc) is 3.38. The number of carbonyl (C=O) groups is 1. The number of hydrogen-bond donors (Lipinski definition) is 1. The lowest BCUT2D eigenvalue weighted by molar-refractivity contribution is -0.137. The number of benzene rings is 3. The summed E-state index contributed by atoms with van der Waals surface area (Å²) < 4.78 is 17.7. The molecule has 1 unspecified atom stereocenters. The average molecular weight is 431 g/mol. The first-order valence-corrected chi connectivity index (χ1v) is 11.0. The molecule has 0 bridgehead atoms. The zero-order valence-electron chi connectivity index (χ0n) is 18.3. The summed E-state index contributed by atoms with van der Waals surface area (Å²) in [4.78, 5) is 11.1. The van der Waals surface area contributed by atoms with Gasteiger partial charge in [0.25, 0.3) is 0 Å². The van der Waals surface area contributed by atoms with E-state index >= 15 is 0 Å². The maximum Gasteiger partial charge on any atom is 0.304 e. The van der Waals surface area contributed by atoms with Gasteiger partial charge in [-0.2, -0.15) is 0 Å². The van der Waals surface area contributed by atoms with Crippen LogP contribution in [0.25, 0.3) is 11.1 Å². The van der Waals surface area contributed by atoms with Gasteiger partial charge >= 0.3 is 5.97 Å². The largest absolute Gasteiger partial charge is 0.496 e. The normalized spacial score (nSPS) is 18.6. The van der Waals surface area contributed by atoms with Crippen LogP contribution in [0.5, 0.6) is 17.2 Å². The van der Waals surface area contributed by atoms with Crippen LogP contribution in [-0.2, 0) is 11.2 Å². The van der Waals surface area contributed by atoms with Gasteiger partial charge in [0.2, 0.25) is 0 Å². The molecule has 0 amide bonds. The van der Waals surface area contributed by atoms with Crippen molar-refractivity contribution in [3.8, 4) is 28.4 Å². The van der Waals surface area contributed by atoms with Crippen molar-refractivity contribution in [2.24, 2.45) is 0 Å². The first-order chi connectivity index (χ1) is 15.5. The predicted molar refractivity (Wildman–Crippen MR) is 122 cm³/mol. The summed E-state index contributed by atoms with van der Waals surface area (Å²) in [5.74, 6) is 1.47. The molecule has 0 saturated carbocycles. The Kier molecular flexibility index (Phi) is 5.25. The number of carboxylic acids is 1. The van der Waals surface area contributed by atoms with Crippen molar-refractivity contribution in [1.82, 2.24) is 0 Å². The van der Waals surface area contributed by atoms with E-state index in [-0.39, 0.29) is 18.4 Å². The molecule has 3 aromatic rings. The second-order valence-electron chi connectivity index (χ2n) is 8.46. The molecule has 1 aliphatic heterocycles. The molecule has 1 aliphatic carbocycles. The molecule has 3 aromatic carbocycles. The van der Waals surface area contributed by atoms with Crippen LogP contribution in [0.1, 0.15) is 47.1 Å². The Bertz CT molecular complexity index is 1180. The van der Waals surface area contributed by atoms with Crippen LogP contribution in [0.2, 0.25) is 0 Å². The van der Waals surface area contributed by atoms with Crippen LogP contribution >= 0.6 is 0 Å². The summed E-state index contributed by atoms with van der Waals surface area (Å²) >= 11 is 0. The summed E-state index contributed by atoms with van der Waals surface area (Å²) in [6.07, 6.45) is 1.92. The van der Waals surface area contributed by atoms with Crippen molar-refractivity contribution in [3.63, 3.8) is 0 Å². The first kappa shape index (κ1) is 20.4. The lowest BCUT2D eigenvalue weighted by atomic mass is 9.93. The molecule has 2 atom stereocenters. The fourth-order valence-corrected chi connectivity index (χ4v) is 4.99. The molecular weight excluding hydrogens is 404 g/mol. The van der Waals surface area contributed by atoms with E-state index < -0.39 is 5.97 Å². The van der Waals surface area contributed by atoms with Crippen LogP contribution in [0.15, 0.2) is 54.6 Å². The molecule has 0 saturated heterocycles. The smallest absolute Gasteiger partial charge is 0.304 e. The molecule has 2 aliphatic rings. The van der Waals surface area contributed by atoms with Crippen LogP contribution in [0.3, 0.4) is 0 Å². The van der Waals surface area contributed by atoms with Crippen molar-refractivity contribution in [1.29, 1.82) is 0 Å². The minimum atomic E-state index is -0.809. The first-order valence-electron chi connectivity index (χ1n) is 11.0. The summed E-state index contributed by atoms with van der Waals surface area (Å²) in [6.45, 7) is 2.50. The Morgan fingerprint density at radius 2 is 1.91 bits per heavy atom. The van der Waals surface area contributed by atoms with E-state index in [9.17, 15) is 4.79 Å². The van der Waals surface area contributed by atoms with Gasteiger partial charge in [0.1, 0.15) is 23.4 Å². The van der Waals surface area contributed by atoms with Gasteiger partial charge in [0, 0.05) is 17.5 Å². The van der Waals surface area contributed by atoms with E-state index in [1.165, 1.54) is 22.3 Å². The van der Waals surface area contributed by atoms with Gasteiger partial charge in [-0.3, -0.25) is 4.79 Å². The monoisotopic (exact) mass is 430 g/mol. The number of fused-ring (bicyclic) bond motifs is 2. The van der Waals surface area contributed by atoms with Gasteiger partial charge in [-0.15, -0.1) is 0 Å². The lowest BCUT2D eigenvalue weighted by Gasteiger charge is -2.17. The van der Waals surface area contributed by atoms with Gasteiger partial charge in [-0.1, -0.05) is 36.4 Å². The molecule has 1 heterocycles. The van der Waals surface area contributed by atoms with Gasteiger partial charge in [0.05, 0.1) is 20.1 Å². The second kappa shape index (κ2) is 8.23. The Labute approximate surface area is 187 Å². The quantitative estimate of drug-likeness (QED) is 0.544. The van der Waals surface area contributed by atoms with E-state index in [0.717, 1.165) is 41.2 Å². The third-order valence-electron chi connectivity index (χ3n) is 6.57. The predicted octanol–water partition coefficient (Wildman–Crippen LogP) is 5.69. The van der Waals surface area contributed by atoms with Gasteiger partial charge < -0.3 is 19.3 Å². The van der Waals surface area contributed by atoms with Gasteiger partial charge in [-0.25, -0.2) is 0 Å². The number of ether oxygens (including phenoxy) is 3. The molecule has 164 valence electrons. The second-order valence-corrected chi connectivity index (χ2v) is 8.46. The van der Waals surface area contributed by atoms with Gasteiger partial charge in [0.15, 0.2) is 0 Å². The SMILES string of the molecule is COc1cccc(-c2cccc3c2CC[C@H]3Oc2ccc3c(c2)OCC3CC(=O)O)c1C. The van der Waals surface area contributed by atoms with Crippen LogP contribution in [0.4, 0.5) is 0 Å². The van der Waals surface area contributed by atoms with Crippen molar-refractivity contribution in [3.05, 3.63) is 76.9 Å². The van der Waals surface area contributed by atoms with Crippen molar-refractivity contribution < 1.29 is 24.1 Å². The fraction of sp³-hybridized carbons (Fsp3) is 0.296. The maximum absolute atomic E-state index is 11.1. The van der Waals surface area contributed by atoms with E-state index in [0.29, 0.717) is 6.61 Å². The Morgan fingerprint density at radius 3 is 2.72 bits per heavy atom. The molecule has 0 spiro atoms. The van der Waals surface area contributed by atoms with Crippen LogP contribution < -0.4 is 14.2 Å². The molecule has 5 nitrogen and oxygen atoms in total. The third kappa shape index (κ3) is 3.58. The number of rotatable bonds is 6. The molecule has 0 fully saturated rings. The van der Waals surface area contributed by atoms with Crippen molar-refractivity contribution >= 4 is 5.97 Å². The number of carboxylic acid groups (broad SMARTS) is 1. The molecule has 5 rings (SSSR count). The molecule has 0 aromatic heterocycles. The molecule has 1 N–H and O–H groups in total. The highest BCUT2D eigenvalue weighted by Gasteiger charge is 2.29. The molecule has 0 radical (unpaired) electrons. The molecule has 32 heavy (non-hydrogen) atoms. The Hall–Kier alpha value is -3.47. The molecular formula is C27H26O5. The number of aliphatic carboxylic acids is 1. The van der Waals surface area contributed by atoms with E-state index in [2.05, 4.69) is 31.2 Å². The van der Waals surface area contributed by atoms with Crippen molar-refractivity contribution in [2.75, 3.05) is 13.7 Å². The topological polar surface area (TPSA) is 65.0 Å². The fourth-order valence-electron chi connectivity index (χ4n) is 4.99. The summed E-state index contributed by atoms with van der Waals surface area (Å²) in [5, 5.41) is 9.10. The zero-order valence-corrected chi connectivity index (χ0v) is 18.3. The highest BCUT2D eigenvalue weighted by molar-refractivity contribution is 5.74. The van der Waals surface area contributed by atoms with E-state index in [1.54, 1.807) is 7.11 Å². The Balaban J connectivity index is 1.41. The highest BCUT2D eigenvalue weighted by atomic mass is 16.5. The van der Waals surface area contributed by atoms with Crippen molar-refractivity contribution in [2.45, 2.75) is 38.2 Å². The standard InChI is InChI=1S/C27H26O5/c1-16-19(5-4-8-24(16)30-2)21-6-3-7-23-22(21)11-12-25(23)32-18-9-10-20-17(13-27(28)29)15-31-26(20)14-18/h3-10,14,17,25H,11-13,15H2,1-2H3,(H,28,29)/t17?,25-/m1/s1. The van der Waals surface area contributed by atoms with E-state index in [1.807, 2.05) is 30.3 Å². The maximum atomic E-state index is 11.1. The molecule has 5 heteroatoms. The van der Waals surface area contributed by atoms with Gasteiger partial charge in [-0.05, 0) is 59.7 Å². The highest BCUT2D eigenvalue weighted by Crippen LogP contribution is 2.43. The third-order valence-corrected chi connectivity index (χ3v) is 6.57. The summed E-state index contributed by atoms with van der Waals surface area (Å²) in [5.41, 5.74) is 7.06.